The zero-order chi connectivity index (χ0) is 13.6. The topological polar surface area (TPSA) is 38.3 Å². The highest BCUT2D eigenvalue weighted by atomic mass is 19.4. The third kappa shape index (κ3) is 4.65. The van der Waals surface area contributed by atoms with Crippen LogP contribution in [0.25, 0.3) is 0 Å². The van der Waals surface area contributed by atoms with Gasteiger partial charge in [-0.2, -0.15) is 13.2 Å². The summed E-state index contributed by atoms with van der Waals surface area (Å²) in [5.74, 6) is -0.654. The monoisotopic (exact) mass is 261 g/mol. The third-order valence-corrected chi connectivity index (χ3v) is 2.37. The Balaban J connectivity index is 2.65. The molecular weight excluding hydrogens is 247 g/mol. The molecule has 1 N–H and O–H groups in total. The number of benzene rings is 1. The van der Waals surface area contributed by atoms with Crippen LogP contribution in [0.5, 0.6) is 0 Å². The van der Waals surface area contributed by atoms with Gasteiger partial charge in [-0.15, -0.1) is 0 Å². The molecule has 0 heterocycles. The molecule has 0 aliphatic carbocycles. The van der Waals surface area contributed by atoms with Gasteiger partial charge in [0.05, 0.1) is 7.11 Å². The summed E-state index contributed by atoms with van der Waals surface area (Å²) in [6, 6.07) is 6.29. The average molecular weight is 261 g/mol. The SMILES string of the molecule is COC(=O)CCC(Nc1ccccc1)C(F)(F)F. The molecule has 0 saturated carbocycles. The smallest absolute Gasteiger partial charge is 0.408 e. The van der Waals surface area contributed by atoms with E-state index in [2.05, 4.69) is 10.1 Å². The van der Waals surface area contributed by atoms with Crippen molar-refractivity contribution in [1.82, 2.24) is 0 Å². The second-order valence-corrected chi connectivity index (χ2v) is 3.72. The van der Waals surface area contributed by atoms with Crippen molar-refractivity contribution in [2.24, 2.45) is 0 Å². The number of rotatable bonds is 5. The number of anilines is 1. The maximum Gasteiger partial charge on any atom is 0.408 e. The first kappa shape index (κ1) is 14.3. The maximum atomic E-state index is 12.7. The van der Waals surface area contributed by atoms with Gasteiger partial charge in [-0.1, -0.05) is 18.2 Å². The lowest BCUT2D eigenvalue weighted by molar-refractivity contribution is -0.149. The predicted molar refractivity (Wildman–Crippen MR) is 61.2 cm³/mol. The molecule has 1 unspecified atom stereocenters. The summed E-state index contributed by atoms with van der Waals surface area (Å²) in [7, 11) is 1.15. The Kier molecular flexibility index (Phi) is 5.00. The zero-order valence-electron chi connectivity index (χ0n) is 9.83. The van der Waals surface area contributed by atoms with Crippen molar-refractivity contribution in [3.8, 4) is 0 Å². The molecule has 1 rings (SSSR count). The van der Waals surface area contributed by atoms with Crippen LogP contribution in [-0.4, -0.2) is 25.3 Å². The van der Waals surface area contributed by atoms with Crippen molar-refractivity contribution in [2.75, 3.05) is 12.4 Å². The van der Waals surface area contributed by atoms with Gasteiger partial charge in [-0.05, 0) is 18.6 Å². The Morgan fingerprint density at radius 2 is 1.94 bits per heavy atom. The van der Waals surface area contributed by atoms with Gasteiger partial charge in [-0.25, -0.2) is 0 Å². The second kappa shape index (κ2) is 6.28. The van der Waals surface area contributed by atoms with E-state index in [0.29, 0.717) is 5.69 Å². The van der Waals surface area contributed by atoms with Gasteiger partial charge in [0.25, 0.3) is 0 Å². The first-order valence-electron chi connectivity index (χ1n) is 5.38. The quantitative estimate of drug-likeness (QED) is 0.828. The van der Waals surface area contributed by atoms with Gasteiger partial charge in [0.2, 0.25) is 0 Å². The lowest BCUT2D eigenvalue weighted by atomic mass is 10.1. The Bertz CT molecular complexity index is 379. The van der Waals surface area contributed by atoms with Crippen LogP contribution in [0.1, 0.15) is 12.8 Å². The number of hydrogen-bond acceptors (Lipinski definition) is 3. The Morgan fingerprint density at radius 1 is 1.33 bits per heavy atom. The Hall–Kier alpha value is -1.72. The van der Waals surface area contributed by atoms with Gasteiger partial charge in [0.15, 0.2) is 0 Å². The summed E-state index contributed by atoms with van der Waals surface area (Å²) < 4.78 is 42.6. The van der Waals surface area contributed by atoms with E-state index in [1.54, 1.807) is 18.2 Å². The number of methoxy groups -OCH3 is 1. The molecule has 0 aliphatic rings. The fourth-order valence-electron chi connectivity index (χ4n) is 1.42. The van der Waals surface area contributed by atoms with Crippen molar-refractivity contribution < 1.29 is 22.7 Å². The lowest BCUT2D eigenvalue weighted by Crippen LogP contribution is -2.36. The molecule has 1 atom stereocenters. The number of para-hydroxylation sites is 1. The molecule has 0 saturated heterocycles. The minimum absolute atomic E-state index is 0.277. The summed E-state index contributed by atoms with van der Waals surface area (Å²) in [4.78, 5) is 10.9. The lowest BCUT2D eigenvalue weighted by Gasteiger charge is -2.22. The van der Waals surface area contributed by atoms with Crippen LogP contribution in [0.15, 0.2) is 30.3 Å². The molecule has 0 spiro atoms. The van der Waals surface area contributed by atoms with Gasteiger partial charge in [0, 0.05) is 12.1 Å². The Labute approximate surface area is 103 Å². The second-order valence-electron chi connectivity index (χ2n) is 3.72. The highest BCUT2D eigenvalue weighted by Gasteiger charge is 2.39. The first-order chi connectivity index (χ1) is 8.43. The number of ether oxygens (including phenoxy) is 1. The van der Waals surface area contributed by atoms with E-state index in [-0.39, 0.29) is 12.8 Å². The van der Waals surface area contributed by atoms with E-state index in [4.69, 9.17) is 0 Å². The number of nitrogens with one attached hydrogen (secondary N) is 1. The van der Waals surface area contributed by atoms with Crippen LogP contribution in [0.4, 0.5) is 18.9 Å². The van der Waals surface area contributed by atoms with Gasteiger partial charge in [-0.3, -0.25) is 4.79 Å². The molecule has 3 nitrogen and oxygen atoms in total. The van der Waals surface area contributed by atoms with Crippen molar-refractivity contribution in [3.05, 3.63) is 30.3 Å². The van der Waals surface area contributed by atoms with Crippen molar-refractivity contribution in [1.29, 1.82) is 0 Å². The van der Waals surface area contributed by atoms with Gasteiger partial charge < -0.3 is 10.1 Å². The normalized spacial score (nSPS) is 12.9. The van der Waals surface area contributed by atoms with Crippen LogP contribution in [-0.2, 0) is 9.53 Å². The molecule has 0 amide bonds. The van der Waals surface area contributed by atoms with Crippen LogP contribution in [0.2, 0.25) is 0 Å². The number of alkyl halides is 3. The summed E-state index contributed by atoms with van der Waals surface area (Å²) in [6.45, 7) is 0. The van der Waals surface area contributed by atoms with E-state index < -0.39 is 18.2 Å². The molecule has 0 aliphatic heterocycles. The number of carbonyl (C=O) groups is 1. The number of esters is 1. The minimum Gasteiger partial charge on any atom is -0.469 e. The van der Waals surface area contributed by atoms with E-state index in [9.17, 15) is 18.0 Å². The summed E-state index contributed by atoms with van der Waals surface area (Å²) >= 11 is 0. The van der Waals surface area contributed by atoms with Crippen LogP contribution in [0, 0.1) is 0 Å². The molecule has 0 bridgehead atoms. The van der Waals surface area contributed by atoms with Crippen LogP contribution in [0.3, 0.4) is 0 Å². The molecule has 1 aromatic rings. The van der Waals surface area contributed by atoms with E-state index in [1.807, 2.05) is 0 Å². The number of carbonyl (C=O) groups excluding carboxylic acids is 1. The predicted octanol–water partition coefficient (Wildman–Crippen LogP) is 2.98. The third-order valence-electron chi connectivity index (χ3n) is 2.37. The number of halogens is 3. The molecule has 18 heavy (non-hydrogen) atoms. The largest absolute Gasteiger partial charge is 0.469 e. The molecular formula is C12H14F3NO2. The highest BCUT2D eigenvalue weighted by Crippen LogP contribution is 2.26. The van der Waals surface area contributed by atoms with Gasteiger partial charge in [0.1, 0.15) is 6.04 Å². The highest BCUT2D eigenvalue weighted by molar-refractivity contribution is 5.69. The van der Waals surface area contributed by atoms with Crippen molar-refractivity contribution >= 4 is 11.7 Å². The van der Waals surface area contributed by atoms with Crippen molar-refractivity contribution in [3.63, 3.8) is 0 Å². The zero-order valence-corrected chi connectivity index (χ0v) is 9.83. The number of hydrogen-bond donors (Lipinski definition) is 1. The molecule has 6 heteroatoms. The van der Waals surface area contributed by atoms with E-state index in [0.717, 1.165) is 7.11 Å². The molecule has 0 radical (unpaired) electrons. The molecule has 0 aromatic heterocycles. The van der Waals surface area contributed by atoms with E-state index in [1.165, 1.54) is 12.1 Å². The Morgan fingerprint density at radius 3 is 2.44 bits per heavy atom. The maximum absolute atomic E-state index is 12.7. The summed E-state index contributed by atoms with van der Waals surface area (Å²) in [5.41, 5.74) is 0.365. The molecule has 100 valence electrons. The average Bonchev–Trinajstić information content (AvgIpc) is 2.33. The molecule has 1 aromatic carbocycles. The fraction of sp³-hybridized carbons (Fsp3) is 0.417. The van der Waals surface area contributed by atoms with Crippen molar-refractivity contribution in [2.45, 2.75) is 25.1 Å². The van der Waals surface area contributed by atoms with E-state index >= 15 is 0 Å². The summed E-state index contributed by atoms with van der Waals surface area (Å²) in [6.07, 6.45) is -5.05. The minimum atomic E-state index is -4.41. The standard InChI is InChI=1S/C12H14F3NO2/c1-18-11(17)8-7-10(12(13,14)15)16-9-5-3-2-4-6-9/h2-6,10,16H,7-8H2,1H3. The van der Waals surface area contributed by atoms with Crippen LogP contribution < -0.4 is 5.32 Å². The fourth-order valence-corrected chi connectivity index (χ4v) is 1.42. The summed E-state index contributed by atoms with van der Waals surface area (Å²) in [5, 5.41) is 2.37. The first-order valence-corrected chi connectivity index (χ1v) is 5.38. The van der Waals surface area contributed by atoms with Crippen LogP contribution >= 0.6 is 0 Å². The molecule has 0 fully saturated rings. The van der Waals surface area contributed by atoms with Gasteiger partial charge >= 0.3 is 12.1 Å².